The summed E-state index contributed by atoms with van der Waals surface area (Å²) in [5.74, 6) is -2.12. The number of rotatable bonds is 5. The van der Waals surface area contributed by atoms with Crippen molar-refractivity contribution in [2.45, 2.75) is 6.42 Å². The SMILES string of the molecule is NC(=O)c1ccccc1OCC(=O)N1CCC(C(=O)O)C1. The number of primary amides is 1. The number of benzene rings is 1. The zero-order valence-corrected chi connectivity index (χ0v) is 11.3. The highest BCUT2D eigenvalue weighted by Crippen LogP contribution is 2.19. The van der Waals surface area contributed by atoms with Crippen LogP contribution in [-0.2, 0) is 9.59 Å². The molecule has 0 radical (unpaired) electrons. The van der Waals surface area contributed by atoms with E-state index in [0.717, 1.165) is 0 Å². The number of aliphatic carboxylic acids is 1. The number of carboxylic acid groups (broad SMARTS) is 1. The van der Waals surface area contributed by atoms with Crippen LogP contribution in [0.25, 0.3) is 0 Å². The van der Waals surface area contributed by atoms with Crippen molar-refractivity contribution in [3.8, 4) is 5.75 Å². The normalized spacial score (nSPS) is 17.5. The lowest BCUT2D eigenvalue weighted by atomic mass is 10.1. The average molecular weight is 292 g/mol. The van der Waals surface area contributed by atoms with E-state index < -0.39 is 17.8 Å². The van der Waals surface area contributed by atoms with E-state index in [9.17, 15) is 14.4 Å². The van der Waals surface area contributed by atoms with E-state index in [4.69, 9.17) is 15.6 Å². The zero-order chi connectivity index (χ0) is 15.4. The Morgan fingerprint density at radius 3 is 2.67 bits per heavy atom. The highest BCUT2D eigenvalue weighted by molar-refractivity contribution is 5.95. The van der Waals surface area contributed by atoms with Gasteiger partial charge < -0.3 is 20.5 Å². The smallest absolute Gasteiger partial charge is 0.308 e. The third kappa shape index (κ3) is 3.50. The molecule has 21 heavy (non-hydrogen) atoms. The molecule has 7 heteroatoms. The van der Waals surface area contributed by atoms with Gasteiger partial charge in [0.2, 0.25) is 0 Å². The number of amides is 2. The third-order valence-corrected chi connectivity index (χ3v) is 3.39. The molecule has 1 atom stereocenters. The standard InChI is InChI=1S/C14H16N2O5/c15-13(18)10-3-1-2-4-11(10)21-8-12(17)16-6-5-9(7-16)14(19)20/h1-4,9H,5-8H2,(H2,15,18)(H,19,20). The molecule has 1 unspecified atom stereocenters. The van der Waals surface area contributed by atoms with Crippen molar-refractivity contribution in [2.75, 3.05) is 19.7 Å². The maximum atomic E-state index is 12.0. The molecule has 0 spiro atoms. The van der Waals surface area contributed by atoms with Crippen LogP contribution < -0.4 is 10.5 Å². The van der Waals surface area contributed by atoms with Gasteiger partial charge in [0, 0.05) is 13.1 Å². The Balaban J connectivity index is 1.93. The predicted molar refractivity (Wildman–Crippen MR) is 72.8 cm³/mol. The van der Waals surface area contributed by atoms with Gasteiger partial charge in [-0.1, -0.05) is 12.1 Å². The largest absolute Gasteiger partial charge is 0.483 e. The Labute approximate surface area is 121 Å². The fourth-order valence-electron chi connectivity index (χ4n) is 2.22. The summed E-state index contributed by atoms with van der Waals surface area (Å²) in [5, 5.41) is 8.90. The fourth-order valence-corrected chi connectivity index (χ4v) is 2.22. The number of ether oxygens (including phenoxy) is 1. The maximum absolute atomic E-state index is 12.0. The second-order valence-electron chi connectivity index (χ2n) is 4.81. The Kier molecular flexibility index (Phi) is 4.42. The van der Waals surface area contributed by atoms with E-state index in [1.807, 2.05) is 0 Å². The number of carbonyl (C=O) groups is 3. The molecule has 112 valence electrons. The molecule has 7 nitrogen and oxygen atoms in total. The summed E-state index contributed by atoms with van der Waals surface area (Å²) in [6, 6.07) is 6.38. The number of carbonyl (C=O) groups excluding carboxylic acids is 2. The average Bonchev–Trinajstić information content (AvgIpc) is 2.95. The Hall–Kier alpha value is -2.57. The second-order valence-corrected chi connectivity index (χ2v) is 4.81. The van der Waals surface area contributed by atoms with E-state index in [0.29, 0.717) is 13.0 Å². The number of hydrogen-bond acceptors (Lipinski definition) is 4. The van der Waals surface area contributed by atoms with Crippen LogP contribution in [0.3, 0.4) is 0 Å². The Morgan fingerprint density at radius 1 is 1.33 bits per heavy atom. The molecule has 1 aromatic carbocycles. The molecule has 1 aromatic rings. The number of para-hydroxylation sites is 1. The van der Waals surface area contributed by atoms with Gasteiger partial charge in [0.25, 0.3) is 11.8 Å². The van der Waals surface area contributed by atoms with Gasteiger partial charge >= 0.3 is 5.97 Å². The summed E-state index contributed by atoms with van der Waals surface area (Å²) in [4.78, 5) is 35.5. The molecule has 1 fully saturated rings. The van der Waals surface area contributed by atoms with Gasteiger partial charge in [0.1, 0.15) is 5.75 Å². The molecule has 0 aromatic heterocycles. The van der Waals surface area contributed by atoms with Crippen molar-refractivity contribution < 1.29 is 24.2 Å². The molecule has 1 saturated heterocycles. The van der Waals surface area contributed by atoms with Crippen LogP contribution in [0.4, 0.5) is 0 Å². The summed E-state index contributed by atoms with van der Waals surface area (Å²) >= 11 is 0. The summed E-state index contributed by atoms with van der Waals surface area (Å²) < 4.78 is 5.33. The quantitative estimate of drug-likeness (QED) is 0.799. The summed E-state index contributed by atoms with van der Waals surface area (Å²) in [6.07, 6.45) is 0.443. The van der Waals surface area contributed by atoms with Crippen molar-refractivity contribution >= 4 is 17.8 Å². The number of carboxylic acids is 1. The molecule has 2 amide bonds. The van der Waals surface area contributed by atoms with Gasteiger partial charge in [-0.05, 0) is 18.6 Å². The second kappa shape index (κ2) is 6.25. The first-order chi connectivity index (χ1) is 9.99. The topological polar surface area (TPSA) is 110 Å². The minimum atomic E-state index is -0.898. The van der Waals surface area contributed by atoms with Crippen molar-refractivity contribution in [3.05, 3.63) is 29.8 Å². The third-order valence-electron chi connectivity index (χ3n) is 3.39. The van der Waals surface area contributed by atoms with Crippen LogP contribution >= 0.6 is 0 Å². The van der Waals surface area contributed by atoms with E-state index in [1.165, 1.54) is 11.0 Å². The minimum Gasteiger partial charge on any atom is -0.483 e. The number of nitrogens with two attached hydrogens (primary N) is 1. The van der Waals surface area contributed by atoms with Gasteiger partial charge in [-0.15, -0.1) is 0 Å². The molecule has 1 aliphatic rings. The zero-order valence-electron chi connectivity index (χ0n) is 11.3. The van der Waals surface area contributed by atoms with E-state index in [2.05, 4.69) is 0 Å². The van der Waals surface area contributed by atoms with Gasteiger partial charge in [-0.25, -0.2) is 0 Å². The molecule has 3 N–H and O–H groups in total. The van der Waals surface area contributed by atoms with E-state index >= 15 is 0 Å². The monoisotopic (exact) mass is 292 g/mol. The van der Waals surface area contributed by atoms with Crippen LogP contribution in [-0.4, -0.2) is 47.5 Å². The molecule has 1 heterocycles. The fraction of sp³-hybridized carbons (Fsp3) is 0.357. The number of nitrogens with zero attached hydrogens (tertiary/aromatic N) is 1. The predicted octanol–water partition coefficient (Wildman–Crippen LogP) is 0.0974. The van der Waals surface area contributed by atoms with Gasteiger partial charge in [0.15, 0.2) is 6.61 Å². The Bertz CT molecular complexity index is 572. The summed E-state index contributed by atoms with van der Waals surface area (Å²) in [6.45, 7) is 0.336. The molecule has 1 aliphatic heterocycles. The number of likely N-dealkylation sites (tertiary alicyclic amines) is 1. The first-order valence-electron chi connectivity index (χ1n) is 6.51. The van der Waals surface area contributed by atoms with Crippen molar-refractivity contribution in [2.24, 2.45) is 11.7 Å². The van der Waals surface area contributed by atoms with E-state index in [1.54, 1.807) is 18.2 Å². The molecular weight excluding hydrogens is 276 g/mol. The van der Waals surface area contributed by atoms with Crippen LogP contribution in [0.15, 0.2) is 24.3 Å². The molecule has 0 saturated carbocycles. The lowest BCUT2D eigenvalue weighted by Gasteiger charge is -2.16. The highest BCUT2D eigenvalue weighted by atomic mass is 16.5. The van der Waals surface area contributed by atoms with Gasteiger partial charge in [-0.3, -0.25) is 14.4 Å². The van der Waals surface area contributed by atoms with Crippen molar-refractivity contribution in [3.63, 3.8) is 0 Å². The molecule has 0 aliphatic carbocycles. The van der Waals surface area contributed by atoms with Crippen LogP contribution in [0.1, 0.15) is 16.8 Å². The van der Waals surface area contributed by atoms with Crippen molar-refractivity contribution in [1.82, 2.24) is 4.90 Å². The Morgan fingerprint density at radius 2 is 2.05 bits per heavy atom. The van der Waals surface area contributed by atoms with Crippen LogP contribution in [0, 0.1) is 5.92 Å². The van der Waals surface area contributed by atoms with E-state index in [-0.39, 0.29) is 30.4 Å². The summed E-state index contributed by atoms with van der Waals surface area (Å²) in [7, 11) is 0. The molecule has 0 bridgehead atoms. The lowest BCUT2D eigenvalue weighted by Crippen LogP contribution is -2.34. The van der Waals surface area contributed by atoms with Crippen molar-refractivity contribution in [1.29, 1.82) is 0 Å². The maximum Gasteiger partial charge on any atom is 0.308 e. The number of hydrogen-bond donors (Lipinski definition) is 2. The van der Waals surface area contributed by atoms with Gasteiger partial charge in [0.05, 0.1) is 11.5 Å². The molecular formula is C14H16N2O5. The summed E-state index contributed by atoms with van der Waals surface area (Å²) in [5.41, 5.74) is 5.42. The highest BCUT2D eigenvalue weighted by Gasteiger charge is 2.30. The lowest BCUT2D eigenvalue weighted by molar-refractivity contribution is -0.141. The van der Waals surface area contributed by atoms with Crippen LogP contribution in [0.2, 0.25) is 0 Å². The molecule has 2 rings (SSSR count). The van der Waals surface area contributed by atoms with Crippen LogP contribution in [0.5, 0.6) is 5.75 Å². The van der Waals surface area contributed by atoms with Gasteiger partial charge in [-0.2, -0.15) is 0 Å². The first kappa shape index (κ1) is 14.8. The first-order valence-corrected chi connectivity index (χ1v) is 6.51. The minimum absolute atomic E-state index is 0.189.